The Kier molecular flexibility index (Phi) is 5.37. The number of carbonyl (C=O) groups excluding carboxylic acids is 2. The molecule has 98 valence electrons. The van der Waals surface area contributed by atoms with Crippen molar-refractivity contribution < 1.29 is 9.59 Å². The van der Waals surface area contributed by atoms with Gasteiger partial charge in [-0.1, -0.05) is 23.2 Å². The third kappa shape index (κ3) is 3.85. The van der Waals surface area contributed by atoms with Crippen molar-refractivity contribution in [3.05, 3.63) is 28.0 Å². The third-order valence-corrected chi connectivity index (χ3v) is 2.67. The lowest BCUT2D eigenvalue weighted by Crippen LogP contribution is -2.44. The Morgan fingerprint density at radius 3 is 2.72 bits per heavy atom. The largest absolute Gasteiger partial charge is 0.355 e. The molecule has 0 aliphatic carbocycles. The summed E-state index contributed by atoms with van der Waals surface area (Å²) < 4.78 is 0. The molecule has 0 fully saturated rings. The highest BCUT2D eigenvalue weighted by Gasteiger charge is 2.18. The summed E-state index contributed by atoms with van der Waals surface area (Å²) in [7, 11) is 0. The molecule has 1 atom stereocenters. The van der Waals surface area contributed by atoms with Gasteiger partial charge in [-0.2, -0.15) is 0 Å². The molecule has 0 saturated heterocycles. The van der Waals surface area contributed by atoms with Crippen LogP contribution in [0, 0.1) is 0 Å². The molecule has 1 aromatic heterocycles. The number of nitrogens with zero attached hydrogens (tertiary/aromatic N) is 1. The SMILES string of the molecule is CCNC(=O)C(C)NC(=O)c1cc(Cl)ncc1Cl. The highest BCUT2D eigenvalue weighted by Crippen LogP contribution is 2.17. The molecule has 0 radical (unpaired) electrons. The van der Waals surface area contributed by atoms with Crippen LogP contribution >= 0.6 is 23.2 Å². The Labute approximate surface area is 115 Å². The number of rotatable bonds is 4. The fourth-order valence-corrected chi connectivity index (χ4v) is 1.60. The van der Waals surface area contributed by atoms with Crippen LogP contribution in [0.4, 0.5) is 0 Å². The van der Waals surface area contributed by atoms with E-state index in [4.69, 9.17) is 23.2 Å². The van der Waals surface area contributed by atoms with Crippen LogP contribution in [0.3, 0.4) is 0 Å². The summed E-state index contributed by atoms with van der Waals surface area (Å²) in [6, 6.07) is 0.699. The molecule has 1 rings (SSSR count). The monoisotopic (exact) mass is 289 g/mol. The summed E-state index contributed by atoms with van der Waals surface area (Å²) in [5, 5.41) is 5.47. The van der Waals surface area contributed by atoms with Crippen molar-refractivity contribution in [1.29, 1.82) is 0 Å². The molecular weight excluding hydrogens is 277 g/mol. The molecule has 0 aliphatic heterocycles. The molecule has 0 aliphatic rings. The first kappa shape index (κ1) is 14.7. The van der Waals surface area contributed by atoms with Gasteiger partial charge in [0.25, 0.3) is 5.91 Å². The number of nitrogens with one attached hydrogen (secondary N) is 2. The van der Waals surface area contributed by atoms with Crippen molar-refractivity contribution in [2.24, 2.45) is 0 Å². The van der Waals surface area contributed by atoms with Crippen LogP contribution < -0.4 is 10.6 Å². The summed E-state index contributed by atoms with van der Waals surface area (Å²) in [6.45, 7) is 3.88. The van der Waals surface area contributed by atoms with Gasteiger partial charge in [-0.25, -0.2) is 4.98 Å². The first-order chi connectivity index (χ1) is 8.45. The first-order valence-electron chi connectivity index (χ1n) is 5.35. The Hall–Kier alpha value is -1.33. The maximum Gasteiger partial charge on any atom is 0.253 e. The fourth-order valence-electron chi connectivity index (χ4n) is 1.25. The van der Waals surface area contributed by atoms with Gasteiger partial charge in [-0.3, -0.25) is 9.59 Å². The number of hydrogen-bond acceptors (Lipinski definition) is 3. The summed E-state index contributed by atoms with van der Waals surface area (Å²) >= 11 is 11.5. The molecule has 7 heteroatoms. The van der Waals surface area contributed by atoms with Gasteiger partial charge >= 0.3 is 0 Å². The van der Waals surface area contributed by atoms with Gasteiger partial charge in [0.1, 0.15) is 11.2 Å². The second-order valence-electron chi connectivity index (χ2n) is 3.58. The van der Waals surface area contributed by atoms with Gasteiger partial charge in [0.15, 0.2) is 0 Å². The van der Waals surface area contributed by atoms with Gasteiger partial charge in [0.05, 0.1) is 10.6 Å². The number of hydrogen-bond donors (Lipinski definition) is 2. The molecule has 0 aromatic carbocycles. The average molecular weight is 290 g/mol. The minimum atomic E-state index is -0.652. The van der Waals surface area contributed by atoms with E-state index in [1.165, 1.54) is 12.3 Å². The summed E-state index contributed by atoms with van der Waals surface area (Å²) in [6.07, 6.45) is 1.29. The smallest absolute Gasteiger partial charge is 0.253 e. The zero-order valence-electron chi connectivity index (χ0n) is 9.96. The normalized spacial score (nSPS) is 11.8. The second-order valence-corrected chi connectivity index (χ2v) is 4.37. The number of halogens is 2. The molecule has 2 amide bonds. The van der Waals surface area contributed by atoms with E-state index in [-0.39, 0.29) is 21.6 Å². The number of aromatic nitrogens is 1. The lowest BCUT2D eigenvalue weighted by Gasteiger charge is -2.13. The predicted octanol–water partition coefficient (Wildman–Crippen LogP) is 1.64. The standard InChI is InChI=1S/C11H13Cl2N3O2/c1-3-14-10(17)6(2)16-11(18)7-4-9(13)15-5-8(7)12/h4-6H,3H2,1-2H3,(H,14,17)(H,16,18). The predicted molar refractivity (Wildman–Crippen MR) is 69.9 cm³/mol. The van der Waals surface area contributed by atoms with E-state index < -0.39 is 11.9 Å². The zero-order valence-corrected chi connectivity index (χ0v) is 11.5. The fraction of sp³-hybridized carbons (Fsp3) is 0.364. The number of amides is 2. The van der Waals surface area contributed by atoms with Crippen molar-refractivity contribution in [3.63, 3.8) is 0 Å². The van der Waals surface area contributed by atoms with Gasteiger partial charge in [0, 0.05) is 12.7 Å². The quantitative estimate of drug-likeness (QED) is 0.828. The van der Waals surface area contributed by atoms with Crippen molar-refractivity contribution >= 4 is 35.0 Å². The highest BCUT2D eigenvalue weighted by molar-refractivity contribution is 6.35. The number of carbonyl (C=O) groups is 2. The zero-order chi connectivity index (χ0) is 13.7. The topological polar surface area (TPSA) is 71.1 Å². The molecule has 1 aromatic rings. The van der Waals surface area contributed by atoms with Crippen LogP contribution in [0.2, 0.25) is 10.2 Å². The Balaban J connectivity index is 2.76. The third-order valence-electron chi connectivity index (χ3n) is 2.16. The van der Waals surface area contributed by atoms with Crippen molar-refractivity contribution in [2.75, 3.05) is 6.54 Å². The van der Waals surface area contributed by atoms with Crippen LogP contribution in [-0.4, -0.2) is 29.4 Å². The van der Waals surface area contributed by atoms with E-state index in [0.29, 0.717) is 6.54 Å². The van der Waals surface area contributed by atoms with E-state index in [1.807, 2.05) is 0 Å². The Morgan fingerprint density at radius 1 is 1.44 bits per heavy atom. The van der Waals surface area contributed by atoms with Crippen LogP contribution in [0.5, 0.6) is 0 Å². The summed E-state index contributed by atoms with van der Waals surface area (Å²) in [5.74, 6) is -0.731. The van der Waals surface area contributed by atoms with Crippen LogP contribution in [0.15, 0.2) is 12.3 Å². The summed E-state index contributed by atoms with van der Waals surface area (Å²) in [5.41, 5.74) is 0.188. The molecule has 0 bridgehead atoms. The Bertz CT molecular complexity index is 466. The van der Waals surface area contributed by atoms with E-state index in [9.17, 15) is 9.59 Å². The lowest BCUT2D eigenvalue weighted by atomic mass is 10.2. The maximum atomic E-state index is 11.9. The van der Waals surface area contributed by atoms with E-state index in [0.717, 1.165) is 0 Å². The molecule has 0 spiro atoms. The minimum Gasteiger partial charge on any atom is -0.355 e. The van der Waals surface area contributed by atoms with E-state index >= 15 is 0 Å². The molecule has 5 nitrogen and oxygen atoms in total. The van der Waals surface area contributed by atoms with Crippen LogP contribution in [0.1, 0.15) is 24.2 Å². The van der Waals surface area contributed by atoms with Crippen molar-refractivity contribution in [3.8, 4) is 0 Å². The number of likely N-dealkylation sites (N-methyl/N-ethyl adjacent to an activating group) is 1. The Morgan fingerprint density at radius 2 is 2.11 bits per heavy atom. The molecule has 0 saturated carbocycles. The second kappa shape index (κ2) is 6.56. The van der Waals surface area contributed by atoms with Gasteiger partial charge in [-0.15, -0.1) is 0 Å². The number of pyridine rings is 1. The molecule has 1 unspecified atom stereocenters. The van der Waals surface area contributed by atoms with Crippen LogP contribution in [0.25, 0.3) is 0 Å². The lowest BCUT2D eigenvalue weighted by molar-refractivity contribution is -0.122. The molecule has 1 heterocycles. The average Bonchev–Trinajstić information content (AvgIpc) is 2.32. The molecular formula is C11H13Cl2N3O2. The minimum absolute atomic E-state index is 0.162. The highest BCUT2D eigenvalue weighted by atomic mass is 35.5. The van der Waals surface area contributed by atoms with Gasteiger partial charge in [-0.05, 0) is 19.9 Å². The summed E-state index contributed by atoms with van der Waals surface area (Å²) in [4.78, 5) is 27.1. The van der Waals surface area contributed by atoms with Crippen LogP contribution in [-0.2, 0) is 4.79 Å². The first-order valence-corrected chi connectivity index (χ1v) is 6.11. The van der Waals surface area contributed by atoms with E-state index in [1.54, 1.807) is 13.8 Å². The van der Waals surface area contributed by atoms with Crippen molar-refractivity contribution in [2.45, 2.75) is 19.9 Å². The van der Waals surface area contributed by atoms with E-state index in [2.05, 4.69) is 15.6 Å². The maximum absolute atomic E-state index is 11.9. The molecule has 2 N–H and O–H groups in total. The molecule has 18 heavy (non-hydrogen) atoms. The van der Waals surface area contributed by atoms with Gasteiger partial charge in [0.2, 0.25) is 5.91 Å². The van der Waals surface area contributed by atoms with Gasteiger partial charge < -0.3 is 10.6 Å². The van der Waals surface area contributed by atoms with Crippen molar-refractivity contribution in [1.82, 2.24) is 15.6 Å².